The van der Waals surface area contributed by atoms with Crippen molar-refractivity contribution in [3.63, 3.8) is 0 Å². The molecule has 34 heavy (non-hydrogen) atoms. The van der Waals surface area contributed by atoms with Gasteiger partial charge in [-0.2, -0.15) is 10.1 Å². The van der Waals surface area contributed by atoms with E-state index in [4.69, 9.17) is 19.1 Å². The van der Waals surface area contributed by atoms with E-state index in [0.29, 0.717) is 26.1 Å². The molecule has 2 fully saturated rings. The van der Waals surface area contributed by atoms with Crippen LogP contribution in [0.25, 0.3) is 0 Å². The molecule has 0 bridgehead atoms. The molecule has 2 aliphatic heterocycles. The van der Waals surface area contributed by atoms with Crippen molar-refractivity contribution in [2.75, 3.05) is 39.4 Å². The zero-order chi connectivity index (χ0) is 24.4. The first kappa shape index (κ1) is 28.5. The summed E-state index contributed by atoms with van der Waals surface area (Å²) >= 11 is 0. The van der Waals surface area contributed by atoms with Crippen molar-refractivity contribution in [2.24, 2.45) is 0 Å². The predicted octanol–water partition coefficient (Wildman–Crippen LogP) is 4.36. The van der Waals surface area contributed by atoms with E-state index in [1.807, 2.05) is 10.1 Å². The van der Waals surface area contributed by atoms with Crippen molar-refractivity contribution in [3.05, 3.63) is 25.3 Å². The molecule has 0 amide bonds. The van der Waals surface area contributed by atoms with Crippen molar-refractivity contribution >= 4 is 11.9 Å². The van der Waals surface area contributed by atoms with Gasteiger partial charge < -0.3 is 9.47 Å². The number of carbonyl (C=O) groups excluding carboxylic acids is 2. The van der Waals surface area contributed by atoms with E-state index in [9.17, 15) is 9.59 Å². The highest BCUT2D eigenvalue weighted by Gasteiger charge is 2.23. The highest BCUT2D eigenvalue weighted by Crippen LogP contribution is 2.17. The van der Waals surface area contributed by atoms with E-state index in [-0.39, 0.29) is 24.1 Å². The fourth-order valence-electron chi connectivity index (χ4n) is 4.21. The van der Waals surface area contributed by atoms with Gasteiger partial charge in [0.2, 0.25) is 0 Å². The monoisotopic (exact) mass is 480 g/mol. The molecule has 2 aliphatic rings. The number of hydrogen-bond donors (Lipinski definition) is 0. The van der Waals surface area contributed by atoms with Gasteiger partial charge in [0.05, 0.1) is 13.2 Å². The van der Waals surface area contributed by atoms with Crippen LogP contribution < -0.4 is 0 Å². The summed E-state index contributed by atoms with van der Waals surface area (Å²) in [5.41, 5.74) is 0. The summed E-state index contributed by atoms with van der Waals surface area (Å²) in [6, 6.07) is 0. The van der Waals surface area contributed by atoms with Gasteiger partial charge in [0, 0.05) is 39.0 Å². The standard InChI is InChI=1S/C26H44N2O6/c1-3-21-31-27-17-13-23(14-18-27)33-25(29)11-9-7-5-6-8-10-12-26(30)34-24-15-19-28(20-16-24)32-22-4-2/h3-4,23-24H,1-2,5-22H2. The number of ether oxygens (including phenoxy) is 2. The topological polar surface area (TPSA) is 77.5 Å². The summed E-state index contributed by atoms with van der Waals surface area (Å²) in [4.78, 5) is 35.1. The Kier molecular flexibility index (Phi) is 14.8. The summed E-state index contributed by atoms with van der Waals surface area (Å²) in [6.07, 6.45) is 13.6. The molecular formula is C26H44N2O6. The molecule has 0 N–H and O–H groups in total. The molecule has 0 aliphatic carbocycles. The van der Waals surface area contributed by atoms with Crippen LogP contribution in [0.2, 0.25) is 0 Å². The van der Waals surface area contributed by atoms with Gasteiger partial charge in [-0.3, -0.25) is 19.3 Å². The summed E-state index contributed by atoms with van der Waals surface area (Å²) in [5, 5.41) is 3.83. The average molecular weight is 481 g/mol. The lowest BCUT2D eigenvalue weighted by Crippen LogP contribution is -2.37. The van der Waals surface area contributed by atoms with Crippen molar-refractivity contribution in [2.45, 2.75) is 89.3 Å². The molecule has 0 aromatic heterocycles. The second-order valence-electron chi connectivity index (χ2n) is 9.03. The SMILES string of the molecule is C=CCON1CCC(OC(=O)CCCCCCCCC(=O)OC2CCN(OCC=C)CC2)CC1. The van der Waals surface area contributed by atoms with Crippen LogP contribution in [0.15, 0.2) is 25.3 Å². The van der Waals surface area contributed by atoms with E-state index in [0.717, 1.165) is 90.4 Å². The number of esters is 2. The maximum Gasteiger partial charge on any atom is 0.306 e. The molecule has 2 rings (SSSR count). The third kappa shape index (κ3) is 12.6. The summed E-state index contributed by atoms with van der Waals surface area (Å²) in [6.45, 7) is 11.4. The number of hydrogen-bond acceptors (Lipinski definition) is 8. The van der Waals surface area contributed by atoms with Gasteiger partial charge in [0.1, 0.15) is 12.2 Å². The van der Waals surface area contributed by atoms with Crippen LogP contribution in [-0.4, -0.2) is 73.7 Å². The highest BCUT2D eigenvalue weighted by atomic mass is 16.7. The molecule has 2 heterocycles. The Balaban J connectivity index is 1.38. The maximum atomic E-state index is 12.1. The van der Waals surface area contributed by atoms with Crippen molar-refractivity contribution < 1.29 is 28.7 Å². The van der Waals surface area contributed by atoms with Gasteiger partial charge in [0.25, 0.3) is 0 Å². The van der Waals surface area contributed by atoms with Crippen LogP contribution in [0.5, 0.6) is 0 Å². The van der Waals surface area contributed by atoms with Crippen molar-refractivity contribution in [1.29, 1.82) is 0 Å². The average Bonchev–Trinajstić information content (AvgIpc) is 2.84. The second-order valence-corrected chi connectivity index (χ2v) is 9.03. The quantitative estimate of drug-likeness (QED) is 0.173. The van der Waals surface area contributed by atoms with Crippen molar-refractivity contribution in [1.82, 2.24) is 10.1 Å². The van der Waals surface area contributed by atoms with Crippen LogP contribution in [0.1, 0.15) is 77.0 Å². The van der Waals surface area contributed by atoms with E-state index >= 15 is 0 Å². The molecule has 8 nitrogen and oxygen atoms in total. The Morgan fingerprint density at radius 1 is 0.647 bits per heavy atom. The van der Waals surface area contributed by atoms with Crippen LogP contribution in [0.4, 0.5) is 0 Å². The highest BCUT2D eigenvalue weighted by molar-refractivity contribution is 5.69. The molecule has 194 valence electrons. The molecule has 0 spiro atoms. The van der Waals surface area contributed by atoms with E-state index in [2.05, 4.69) is 13.2 Å². The number of piperidine rings is 2. The first-order chi connectivity index (χ1) is 16.6. The van der Waals surface area contributed by atoms with Crippen molar-refractivity contribution in [3.8, 4) is 0 Å². The number of unbranched alkanes of at least 4 members (excludes halogenated alkanes) is 5. The number of nitrogens with zero attached hydrogens (tertiary/aromatic N) is 2. The Hall–Kier alpha value is -1.74. The van der Waals surface area contributed by atoms with Gasteiger partial charge >= 0.3 is 11.9 Å². The Morgan fingerprint density at radius 3 is 1.35 bits per heavy atom. The smallest absolute Gasteiger partial charge is 0.306 e. The lowest BCUT2D eigenvalue weighted by molar-refractivity contribution is -0.180. The Labute approximate surface area is 205 Å². The van der Waals surface area contributed by atoms with Gasteiger partial charge in [0.15, 0.2) is 0 Å². The largest absolute Gasteiger partial charge is 0.462 e. The molecular weight excluding hydrogens is 436 g/mol. The van der Waals surface area contributed by atoms with E-state index < -0.39 is 0 Å². The molecule has 0 atom stereocenters. The minimum atomic E-state index is -0.0914. The predicted molar refractivity (Wildman–Crippen MR) is 131 cm³/mol. The van der Waals surface area contributed by atoms with Crippen LogP contribution in [-0.2, 0) is 28.7 Å². The van der Waals surface area contributed by atoms with E-state index in [1.54, 1.807) is 12.2 Å². The summed E-state index contributed by atoms with van der Waals surface area (Å²) < 4.78 is 11.2. The molecule has 0 unspecified atom stereocenters. The lowest BCUT2D eigenvalue weighted by atomic mass is 10.1. The first-order valence-electron chi connectivity index (χ1n) is 13.0. The molecule has 0 aromatic rings. The minimum absolute atomic E-state index is 0.00831. The Morgan fingerprint density at radius 2 is 1.00 bits per heavy atom. The molecule has 2 saturated heterocycles. The number of hydroxylamine groups is 4. The molecule has 8 heteroatoms. The van der Waals surface area contributed by atoms with Gasteiger partial charge in [-0.1, -0.05) is 37.8 Å². The van der Waals surface area contributed by atoms with Crippen LogP contribution in [0, 0.1) is 0 Å². The van der Waals surface area contributed by atoms with Gasteiger partial charge in [-0.15, -0.1) is 13.2 Å². The molecule has 0 radical (unpaired) electrons. The van der Waals surface area contributed by atoms with Crippen LogP contribution >= 0.6 is 0 Å². The number of carbonyl (C=O) groups is 2. The normalized spacial score (nSPS) is 18.5. The fraction of sp³-hybridized carbons (Fsp3) is 0.769. The van der Waals surface area contributed by atoms with Gasteiger partial charge in [-0.05, 0) is 38.5 Å². The van der Waals surface area contributed by atoms with Crippen LogP contribution in [0.3, 0.4) is 0 Å². The van der Waals surface area contributed by atoms with E-state index in [1.165, 1.54) is 0 Å². The minimum Gasteiger partial charge on any atom is -0.462 e. The summed E-state index contributed by atoms with van der Waals surface area (Å²) in [5.74, 6) is -0.183. The Bertz CT molecular complexity index is 546. The maximum absolute atomic E-state index is 12.1. The van der Waals surface area contributed by atoms with Gasteiger partial charge in [-0.25, -0.2) is 0 Å². The third-order valence-corrected chi connectivity index (χ3v) is 6.16. The zero-order valence-electron chi connectivity index (χ0n) is 20.8. The first-order valence-corrected chi connectivity index (χ1v) is 13.0. The molecule has 0 saturated carbocycles. The lowest BCUT2D eigenvalue weighted by Gasteiger charge is -2.30. The fourth-order valence-corrected chi connectivity index (χ4v) is 4.21. The number of rotatable bonds is 17. The third-order valence-electron chi connectivity index (χ3n) is 6.16. The summed E-state index contributed by atoms with van der Waals surface area (Å²) in [7, 11) is 0. The molecule has 0 aromatic carbocycles. The zero-order valence-corrected chi connectivity index (χ0v) is 20.8. The second kappa shape index (κ2) is 17.7.